The van der Waals surface area contributed by atoms with Gasteiger partial charge in [-0.25, -0.2) is 0 Å². The van der Waals surface area contributed by atoms with Gasteiger partial charge in [-0.3, -0.25) is 4.79 Å². The summed E-state index contributed by atoms with van der Waals surface area (Å²) >= 11 is 5.17. The second-order valence-electron chi connectivity index (χ2n) is 6.39. The van der Waals surface area contributed by atoms with Crippen LogP contribution in [0.4, 0.5) is 0 Å². The number of hydrogen-bond acceptors (Lipinski definition) is 5. The molecule has 4 rings (SSSR count). The summed E-state index contributed by atoms with van der Waals surface area (Å²) in [5.74, 6) is 1.17. The fraction of sp³-hybridized carbons (Fsp3) is 0.250. The lowest BCUT2D eigenvalue weighted by atomic mass is 10.2. The first-order valence-electron chi connectivity index (χ1n) is 8.66. The van der Waals surface area contributed by atoms with Crippen molar-refractivity contribution >= 4 is 33.6 Å². The highest BCUT2D eigenvalue weighted by atomic mass is 79.9. The molecule has 1 atom stereocenters. The lowest BCUT2D eigenvalue weighted by Crippen LogP contribution is -2.27. The van der Waals surface area contributed by atoms with Crippen LogP contribution in [0.25, 0.3) is 11.4 Å². The molecule has 27 heavy (non-hydrogen) atoms. The van der Waals surface area contributed by atoms with Crippen molar-refractivity contribution in [2.45, 2.75) is 30.3 Å². The number of rotatable bonds is 5. The Balaban J connectivity index is 1.56. The van der Waals surface area contributed by atoms with E-state index in [9.17, 15) is 4.79 Å². The quantitative estimate of drug-likeness (QED) is 0.514. The highest BCUT2D eigenvalue weighted by molar-refractivity contribution is 9.10. The maximum atomic E-state index is 12.4. The molecule has 1 amide bonds. The predicted molar refractivity (Wildman–Crippen MR) is 108 cm³/mol. The molecule has 3 aromatic rings. The topological polar surface area (TPSA) is 59.2 Å². The molecule has 0 N–H and O–H groups in total. The van der Waals surface area contributed by atoms with Gasteiger partial charge in [-0.2, -0.15) is 4.98 Å². The van der Waals surface area contributed by atoms with Crippen molar-refractivity contribution in [2.24, 2.45) is 0 Å². The van der Waals surface area contributed by atoms with Gasteiger partial charge in [-0.1, -0.05) is 33.2 Å². The Hall–Kier alpha value is -2.12. The van der Waals surface area contributed by atoms with Crippen LogP contribution in [0.3, 0.4) is 0 Å². The molecule has 0 radical (unpaired) electrons. The molecule has 1 fully saturated rings. The standard InChI is InChI=1S/C20H18BrN3O2S/c1-27-16-7-5-14(6-8-16)19-22-20(26-23-19)17-9-10-18(25)24(17)12-13-3-2-4-15(21)11-13/h2-8,11,17H,9-10,12H2,1H3. The molecule has 0 saturated carbocycles. The molecule has 0 bridgehead atoms. The first kappa shape index (κ1) is 18.3. The number of nitrogens with zero attached hydrogens (tertiary/aromatic N) is 3. The maximum Gasteiger partial charge on any atom is 0.249 e. The third kappa shape index (κ3) is 3.94. The second kappa shape index (κ2) is 7.86. The van der Waals surface area contributed by atoms with E-state index in [0.717, 1.165) is 15.6 Å². The number of thioether (sulfide) groups is 1. The Morgan fingerprint density at radius 1 is 1.26 bits per heavy atom. The zero-order chi connectivity index (χ0) is 18.8. The normalized spacial score (nSPS) is 16.9. The molecule has 138 valence electrons. The van der Waals surface area contributed by atoms with Gasteiger partial charge in [0, 0.05) is 27.9 Å². The Bertz CT molecular complexity index is 958. The van der Waals surface area contributed by atoms with Crippen LogP contribution in [0.15, 0.2) is 62.4 Å². The molecule has 1 unspecified atom stereocenters. The highest BCUT2D eigenvalue weighted by Gasteiger charge is 2.36. The fourth-order valence-electron chi connectivity index (χ4n) is 3.25. The minimum absolute atomic E-state index is 0.115. The Morgan fingerprint density at radius 3 is 2.81 bits per heavy atom. The summed E-state index contributed by atoms with van der Waals surface area (Å²) in [6.07, 6.45) is 3.23. The molecule has 1 aromatic heterocycles. The van der Waals surface area contributed by atoms with Gasteiger partial charge in [0.15, 0.2) is 0 Å². The SMILES string of the molecule is CSc1ccc(-c2noc(C3CCC(=O)N3Cc3cccc(Br)c3)n2)cc1. The van der Waals surface area contributed by atoms with Gasteiger partial charge >= 0.3 is 0 Å². The largest absolute Gasteiger partial charge is 0.337 e. The van der Waals surface area contributed by atoms with Crippen molar-refractivity contribution in [1.29, 1.82) is 0 Å². The van der Waals surface area contributed by atoms with Crippen LogP contribution in [0, 0.1) is 0 Å². The number of halogens is 1. The van der Waals surface area contributed by atoms with Gasteiger partial charge in [0.05, 0.1) is 0 Å². The van der Waals surface area contributed by atoms with E-state index < -0.39 is 0 Å². The molecule has 0 spiro atoms. The van der Waals surface area contributed by atoms with Crippen molar-refractivity contribution in [3.05, 3.63) is 64.5 Å². The van der Waals surface area contributed by atoms with Crippen molar-refractivity contribution in [3.8, 4) is 11.4 Å². The zero-order valence-electron chi connectivity index (χ0n) is 14.8. The van der Waals surface area contributed by atoms with E-state index in [-0.39, 0.29) is 11.9 Å². The summed E-state index contributed by atoms with van der Waals surface area (Å²) in [5.41, 5.74) is 1.97. The monoisotopic (exact) mass is 443 g/mol. The summed E-state index contributed by atoms with van der Waals surface area (Å²) in [6.45, 7) is 0.531. The van der Waals surface area contributed by atoms with Crippen molar-refractivity contribution < 1.29 is 9.32 Å². The smallest absolute Gasteiger partial charge is 0.249 e. The van der Waals surface area contributed by atoms with Gasteiger partial charge in [-0.15, -0.1) is 11.8 Å². The lowest BCUT2D eigenvalue weighted by Gasteiger charge is -2.22. The molecule has 0 aliphatic carbocycles. The molecule has 1 saturated heterocycles. The van der Waals surface area contributed by atoms with Gasteiger partial charge in [0.1, 0.15) is 6.04 Å². The fourth-order valence-corrected chi connectivity index (χ4v) is 4.10. The van der Waals surface area contributed by atoms with E-state index in [2.05, 4.69) is 26.1 Å². The number of amides is 1. The number of likely N-dealkylation sites (tertiary alicyclic amines) is 1. The van der Waals surface area contributed by atoms with E-state index in [1.54, 1.807) is 11.8 Å². The lowest BCUT2D eigenvalue weighted by molar-refractivity contribution is -0.129. The molecular formula is C20H18BrN3O2S. The van der Waals surface area contributed by atoms with Crippen LogP contribution >= 0.6 is 27.7 Å². The molecule has 2 heterocycles. The van der Waals surface area contributed by atoms with E-state index in [4.69, 9.17) is 4.52 Å². The van der Waals surface area contributed by atoms with E-state index in [1.807, 2.05) is 59.7 Å². The second-order valence-corrected chi connectivity index (χ2v) is 8.19. The zero-order valence-corrected chi connectivity index (χ0v) is 17.2. The van der Waals surface area contributed by atoms with E-state index in [1.165, 1.54) is 4.90 Å². The van der Waals surface area contributed by atoms with Gasteiger partial charge in [0.25, 0.3) is 0 Å². The number of carbonyl (C=O) groups excluding carboxylic acids is 1. The third-order valence-corrected chi connectivity index (χ3v) is 5.88. The highest BCUT2D eigenvalue weighted by Crippen LogP contribution is 2.34. The van der Waals surface area contributed by atoms with Gasteiger partial charge in [0.2, 0.25) is 17.6 Å². The van der Waals surface area contributed by atoms with Gasteiger partial charge in [-0.05, 0) is 54.6 Å². The van der Waals surface area contributed by atoms with Crippen LogP contribution < -0.4 is 0 Å². The van der Waals surface area contributed by atoms with Crippen molar-refractivity contribution in [3.63, 3.8) is 0 Å². The maximum absolute atomic E-state index is 12.4. The van der Waals surface area contributed by atoms with Crippen LogP contribution in [0.5, 0.6) is 0 Å². The van der Waals surface area contributed by atoms with Crippen molar-refractivity contribution in [1.82, 2.24) is 15.0 Å². The molecule has 7 heteroatoms. The van der Waals surface area contributed by atoms with E-state index >= 15 is 0 Å². The Kier molecular flexibility index (Phi) is 5.31. The van der Waals surface area contributed by atoms with Gasteiger partial charge < -0.3 is 9.42 Å². The molecular weight excluding hydrogens is 426 g/mol. The minimum Gasteiger partial charge on any atom is -0.337 e. The molecule has 5 nitrogen and oxygen atoms in total. The van der Waals surface area contributed by atoms with Crippen molar-refractivity contribution in [2.75, 3.05) is 6.26 Å². The van der Waals surface area contributed by atoms with E-state index in [0.29, 0.717) is 31.1 Å². The minimum atomic E-state index is -0.178. The number of hydrogen-bond donors (Lipinski definition) is 0. The predicted octanol–water partition coefficient (Wildman–Crippen LogP) is 5.08. The molecule has 1 aliphatic heterocycles. The van der Waals surface area contributed by atoms with Crippen LogP contribution in [0.2, 0.25) is 0 Å². The number of benzene rings is 2. The molecule has 1 aliphatic rings. The summed E-state index contributed by atoms with van der Waals surface area (Å²) in [7, 11) is 0. The third-order valence-electron chi connectivity index (χ3n) is 4.65. The summed E-state index contributed by atoms with van der Waals surface area (Å²) in [6, 6.07) is 15.8. The first-order chi connectivity index (χ1) is 13.1. The number of aromatic nitrogens is 2. The number of carbonyl (C=O) groups is 1. The molecule has 2 aromatic carbocycles. The average molecular weight is 444 g/mol. The van der Waals surface area contributed by atoms with Crippen LogP contribution in [0.1, 0.15) is 30.3 Å². The Labute approximate surface area is 170 Å². The van der Waals surface area contributed by atoms with Crippen LogP contribution in [-0.2, 0) is 11.3 Å². The summed E-state index contributed by atoms with van der Waals surface area (Å²) in [4.78, 5) is 20.0. The average Bonchev–Trinajstić information content (AvgIpc) is 3.30. The van der Waals surface area contributed by atoms with Crippen LogP contribution in [-0.4, -0.2) is 27.2 Å². The summed E-state index contributed by atoms with van der Waals surface area (Å²) < 4.78 is 6.53. The first-order valence-corrected chi connectivity index (χ1v) is 10.7. The summed E-state index contributed by atoms with van der Waals surface area (Å²) in [5, 5.41) is 4.13. The Morgan fingerprint density at radius 2 is 2.07 bits per heavy atom.